The maximum Gasteiger partial charge on any atom is 0.330 e. The van der Waals surface area contributed by atoms with E-state index in [9.17, 15) is 9.18 Å². The van der Waals surface area contributed by atoms with Crippen LogP contribution < -0.4 is 5.32 Å². The molecule has 9 heteroatoms. The predicted octanol–water partition coefficient (Wildman–Crippen LogP) is 3.67. The smallest absolute Gasteiger partial charge is 0.330 e. The Kier molecular flexibility index (Phi) is 5.42. The van der Waals surface area contributed by atoms with Crippen LogP contribution in [-0.4, -0.2) is 37.5 Å². The van der Waals surface area contributed by atoms with Crippen molar-refractivity contribution in [2.24, 2.45) is 0 Å². The van der Waals surface area contributed by atoms with Crippen LogP contribution in [0, 0.1) is 5.82 Å². The van der Waals surface area contributed by atoms with Crippen molar-refractivity contribution in [1.29, 1.82) is 0 Å². The number of halogens is 1. The van der Waals surface area contributed by atoms with E-state index in [4.69, 9.17) is 4.74 Å². The van der Waals surface area contributed by atoms with E-state index in [1.807, 2.05) is 24.3 Å². The number of anilines is 2. The lowest BCUT2D eigenvalue weighted by Gasteiger charge is -2.06. The van der Waals surface area contributed by atoms with Crippen LogP contribution in [0.1, 0.15) is 12.5 Å². The topological polar surface area (TPSA) is 94.8 Å². The lowest BCUT2D eigenvalue weighted by atomic mass is 10.2. The number of rotatable bonds is 6. The molecule has 8 nitrogen and oxygen atoms in total. The van der Waals surface area contributed by atoms with Gasteiger partial charge >= 0.3 is 5.97 Å². The van der Waals surface area contributed by atoms with E-state index in [1.165, 1.54) is 29.1 Å². The van der Waals surface area contributed by atoms with Gasteiger partial charge in [0, 0.05) is 11.8 Å². The zero-order valence-corrected chi connectivity index (χ0v) is 16.0. The molecule has 1 N–H and O–H groups in total. The highest BCUT2D eigenvalue weighted by Gasteiger charge is 2.11. The Hall–Kier alpha value is -4.14. The summed E-state index contributed by atoms with van der Waals surface area (Å²) in [6, 6.07) is 13.4. The van der Waals surface area contributed by atoms with Crippen LogP contribution in [0.4, 0.5) is 16.0 Å². The second-order valence-corrected chi connectivity index (χ2v) is 6.22. The van der Waals surface area contributed by atoms with Crippen LogP contribution in [0.15, 0.2) is 60.8 Å². The molecule has 0 aliphatic rings. The fourth-order valence-electron chi connectivity index (χ4n) is 2.77. The summed E-state index contributed by atoms with van der Waals surface area (Å²) in [7, 11) is 0. The van der Waals surface area contributed by atoms with Crippen LogP contribution in [0.2, 0.25) is 0 Å². The highest BCUT2D eigenvalue weighted by molar-refractivity contribution is 5.87. The van der Waals surface area contributed by atoms with Crippen molar-refractivity contribution in [3.8, 4) is 5.69 Å². The zero-order chi connectivity index (χ0) is 20.9. The van der Waals surface area contributed by atoms with Gasteiger partial charge in [0.05, 0.1) is 18.5 Å². The number of aromatic nitrogens is 5. The van der Waals surface area contributed by atoms with E-state index < -0.39 is 5.97 Å². The molecule has 0 amide bonds. The van der Waals surface area contributed by atoms with Crippen molar-refractivity contribution in [3.63, 3.8) is 0 Å². The van der Waals surface area contributed by atoms with E-state index >= 15 is 0 Å². The molecule has 4 rings (SSSR count). The number of carbonyl (C=O) groups excluding carboxylic acids is 1. The first-order chi connectivity index (χ1) is 14.6. The van der Waals surface area contributed by atoms with Crippen molar-refractivity contribution in [2.75, 3.05) is 11.9 Å². The van der Waals surface area contributed by atoms with Gasteiger partial charge in [-0.3, -0.25) is 0 Å². The summed E-state index contributed by atoms with van der Waals surface area (Å²) >= 11 is 0. The summed E-state index contributed by atoms with van der Waals surface area (Å²) in [4.78, 5) is 20.2. The molecule has 0 aliphatic heterocycles. The number of ether oxygens (including phenoxy) is 1. The van der Waals surface area contributed by atoms with Crippen LogP contribution in [0.25, 0.3) is 22.9 Å². The summed E-state index contributed by atoms with van der Waals surface area (Å²) in [5, 5.41) is 11.2. The second kappa shape index (κ2) is 8.48. The van der Waals surface area contributed by atoms with Gasteiger partial charge in [-0.2, -0.15) is 9.67 Å². The van der Waals surface area contributed by atoms with E-state index in [-0.39, 0.29) is 5.82 Å². The first kappa shape index (κ1) is 19.2. The molecule has 150 valence electrons. The van der Waals surface area contributed by atoms with Gasteiger partial charge in [-0.1, -0.05) is 23.4 Å². The summed E-state index contributed by atoms with van der Waals surface area (Å²) in [6.45, 7) is 2.08. The molecule has 0 fully saturated rings. The van der Waals surface area contributed by atoms with E-state index in [0.29, 0.717) is 29.4 Å². The third kappa shape index (κ3) is 4.30. The van der Waals surface area contributed by atoms with Crippen molar-refractivity contribution in [2.45, 2.75) is 6.92 Å². The number of fused-ring (bicyclic) bond motifs is 1. The number of carbonyl (C=O) groups is 1. The molecule has 0 spiro atoms. The fourth-order valence-corrected chi connectivity index (χ4v) is 2.77. The number of hydrogen-bond acceptors (Lipinski definition) is 7. The quantitative estimate of drug-likeness (QED) is 0.387. The van der Waals surface area contributed by atoms with Crippen molar-refractivity contribution >= 4 is 34.8 Å². The van der Waals surface area contributed by atoms with Crippen LogP contribution in [0.3, 0.4) is 0 Å². The molecule has 0 radical (unpaired) electrons. The predicted molar refractivity (Wildman–Crippen MR) is 110 cm³/mol. The summed E-state index contributed by atoms with van der Waals surface area (Å²) in [5.41, 5.74) is 2.96. The molecule has 4 aromatic rings. The van der Waals surface area contributed by atoms with Gasteiger partial charge in [-0.05, 0) is 48.9 Å². The third-order valence-electron chi connectivity index (χ3n) is 4.09. The first-order valence-electron chi connectivity index (χ1n) is 9.18. The van der Waals surface area contributed by atoms with Gasteiger partial charge in [0.1, 0.15) is 5.82 Å². The van der Waals surface area contributed by atoms with Crippen LogP contribution >= 0.6 is 0 Å². The van der Waals surface area contributed by atoms with Gasteiger partial charge in [-0.15, -0.1) is 5.10 Å². The van der Waals surface area contributed by atoms with Crippen molar-refractivity contribution < 1.29 is 13.9 Å². The van der Waals surface area contributed by atoms with E-state index in [2.05, 4.69) is 25.6 Å². The number of esters is 1. The van der Waals surface area contributed by atoms with Gasteiger partial charge < -0.3 is 10.1 Å². The van der Waals surface area contributed by atoms with Crippen molar-refractivity contribution in [1.82, 2.24) is 25.0 Å². The number of benzene rings is 2. The Morgan fingerprint density at radius 1 is 1.23 bits per heavy atom. The van der Waals surface area contributed by atoms with Gasteiger partial charge in [0.2, 0.25) is 5.95 Å². The fraction of sp³-hybridized carbons (Fsp3) is 0.0952. The number of hydrogen-bond donors (Lipinski definition) is 1. The second-order valence-electron chi connectivity index (χ2n) is 6.22. The maximum atomic E-state index is 13.6. The molecule has 2 heterocycles. The van der Waals surface area contributed by atoms with Gasteiger partial charge in [0.25, 0.3) is 0 Å². The normalized spacial score (nSPS) is 11.1. The van der Waals surface area contributed by atoms with Gasteiger partial charge in [-0.25, -0.2) is 14.2 Å². The first-order valence-corrected chi connectivity index (χ1v) is 9.18. The van der Waals surface area contributed by atoms with E-state index in [0.717, 1.165) is 11.3 Å². The molecular formula is C21H17FN6O2. The molecule has 30 heavy (non-hydrogen) atoms. The Bertz CT molecular complexity index is 1240. The van der Waals surface area contributed by atoms with Gasteiger partial charge in [0.15, 0.2) is 11.2 Å². The molecule has 0 atom stereocenters. The summed E-state index contributed by atoms with van der Waals surface area (Å²) in [5.74, 6) is -0.451. The maximum absolute atomic E-state index is 13.6. The molecule has 0 saturated heterocycles. The molecule has 2 aromatic carbocycles. The third-order valence-corrected chi connectivity index (χ3v) is 4.09. The lowest BCUT2D eigenvalue weighted by Crippen LogP contribution is -2.02. The Labute approximate surface area is 171 Å². The SMILES string of the molecule is CCOC(=O)/C=C/c1cccc(Nc2ncc3nnn(-c4cccc(F)c4)c3n2)c1. The highest BCUT2D eigenvalue weighted by Crippen LogP contribution is 2.19. The minimum Gasteiger partial charge on any atom is -0.463 e. The monoisotopic (exact) mass is 404 g/mol. The molecular weight excluding hydrogens is 387 g/mol. The lowest BCUT2D eigenvalue weighted by molar-refractivity contribution is -0.137. The Morgan fingerprint density at radius 2 is 2.10 bits per heavy atom. The molecule has 0 unspecified atom stereocenters. The Morgan fingerprint density at radius 3 is 2.93 bits per heavy atom. The molecule has 2 aromatic heterocycles. The Balaban J connectivity index is 1.59. The van der Waals surface area contributed by atoms with Crippen molar-refractivity contribution in [3.05, 3.63) is 72.2 Å². The molecule has 0 bridgehead atoms. The molecule has 0 aliphatic carbocycles. The number of nitrogens with zero attached hydrogens (tertiary/aromatic N) is 5. The highest BCUT2D eigenvalue weighted by atomic mass is 19.1. The largest absolute Gasteiger partial charge is 0.463 e. The minimum absolute atomic E-state index is 0.325. The summed E-state index contributed by atoms with van der Waals surface area (Å²) < 4.78 is 19.9. The average Bonchev–Trinajstić information content (AvgIpc) is 3.16. The minimum atomic E-state index is -0.400. The standard InChI is InChI=1S/C21H17FN6O2/c1-2-30-19(29)10-9-14-5-3-7-16(11-14)24-21-23-13-18-20(25-21)28(27-26-18)17-8-4-6-15(22)12-17/h3-13H,2H2,1H3,(H,23,24,25)/b10-9+. The van der Waals surface area contributed by atoms with Crippen LogP contribution in [0.5, 0.6) is 0 Å². The molecule has 0 saturated carbocycles. The summed E-state index contributed by atoms with van der Waals surface area (Å²) in [6.07, 6.45) is 4.57. The van der Waals surface area contributed by atoms with Crippen LogP contribution in [-0.2, 0) is 9.53 Å². The van der Waals surface area contributed by atoms with E-state index in [1.54, 1.807) is 25.1 Å². The number of nitrogens with one attached hydrogen (secondary N) is 1. The zero-order valence-electron chi connectivity index (χ0n) is 16.0. The average molecular weight is 404 g/mol.